The maximum Gasteiger partial charge on any atom is 0.153 e. The number of nitrogens with zero attached hydrogens (tertiary/aromatic N) is 2. The molecule has 0 fully saturated rings. The van der Waals surface area contributed by atoms with E-state index < -0.39 is 0 Å². The Bertz CT molecular complexity index is 434. The van der Waals surface area contributed by atoms with Crippen LogP contribution in [0.5, 0.6) is 0 Å². The van der Waals surface area contributed by atoms with Crippen molar-refractivity contribution in [2.45, 2.75) is 6.92 Å². The molecule has 0 aliphatic heterocycles. The van der Waals surface area contributed by atoms with Crippen molar-refractivity contribution in [1.82, 2.24) is 9.55 Å². The van der Waals surface area contributed by atoms with Gasteiger partial charge in [-0.05, 0) is 28.4 Å². The minimum absolute atomic E-state index is 0.550. The first-order chi connectivity index (χ1) is 6.11. The molecule has 0 aromatic carbocycles. The lowest BCUT2D eigenvalue weighted by atomic mass is 10.2. The molecule has 0 bridgehead atoms. The monoisotopic (exact) mass is 258 g/mol. The van der Waals surface area contributed by atoms with Crippen LogP contribution in [-0.4, -0.2) is 9.55 Å². The molecule has 13 heavy (non-hydrogen) atoms. The van der Waals surface area contributed by atoms with E-state index in [0.29, 0.717) is 5.15 Å². The second-order valence-electron chi connectivity index (χ2n) is 3.04. The molecule has 0 saturated heterocycles. The predicted molar refractivity (Wildman–Crippen MR) is 58.2 cm³/mol. The third-order valence-electron chi connectivity index (χ3n) is 2.10. The van der Waals surface area contributed by atoms with Crippen LogP contribution in [0.1, 0.15) is 5.56 Å². The van der Waals surface area contributed by atoms with E-state index in [9.17, 15) is 0 Å². The second-order valence-corrected chi connectivity index (χ2v) is 4.26. The highest BCUT2D eigenvalue weighted by atomic mass is 79.9. The minimum Gasteiger partial charge on any atom is -0.347 e. The summed E-state index contributed by atoms with van der Waals surface area (Å²) in [6.45, 7) is 2.02. The van der Waals surface area contributed by atoms with E-state index in [-0.39, 0.29) is 0 Å². The van der Waals surface area contributed by atoms with Crippen LogP contribution in [0.15, 0.2) is 16.9 Å². The fourth-order valence-corrected chi connectivity index (χ4v) is 2.58. The molecule has 0 N–H and O–H groups in total. The lowest BCUT2D eigenvalue weighted by Gasteiger charge is -2.00. The van der Waals surface area contributed by atoms with Gasteiger partial charge in [-0.2, -0.15) is 0 Å². The summed E-state index contributed by atoms with van der Waals surface area (Å²) in [7, 11) is 1.96. The van der Waals surface area contributed by atoms with Crippen LogP contribution in [0.3, 0.4) is 0 Å². The van der Waals surface area contributed by atoms with Crippen molar-refractivity contribution in [1.29, 1.82) is 0 Å². The Morgan fingerprint density at radius 2 is 2.23 bits per heavy atom. The van der Waals surface area contributed by atoms with Gasteiger partial charge in [0.15, 0.2) is 5.15 Å². The summed E-state index contributed by atoms with van der Waals surface area (Å²) in [5.41, 5.74) is 2.11. The highest BCUT2D eigenvalue weighted by molar-refractivity contribution is 9.10. The quantitative estimate of drug-likeness (QED) is 0.664. The topological polar surface area (TPSA) is 17.8 Å². The fraction of sp³-hybridized carbons (Fsp3) is 0.222. The zero-order valence-corrected chi connectivity index (χ0v) is 9.65. The molecule has 0 aliphatic rings. The van der Waals surface area contributed by atoms with E-state index in [1.54, 1.807) is 6.20 Å². The van der Waals surface area contributed by atoms with Crippen molar-refractivity contribution in [3.05, 3.63) is 27.6 Å². The number of rotatable bonds is 0. The first kappa shape index (κ1) is 9.03. The molecule has 0 radical (unpaired) electrons. The average Bonchev–Trinajstić information content (AvgIpc) is 2.36. The zero-order valence-electron chi connectivity index (χ0n) is 7.31. The molecular formula is C9H8BrClN2. The van der Waals surface area contributed by atoms with Gasteiger partial charge in [-0.25, -0.2) is 4.98 Å². The number of hydrogen-bond acceptors (Lipinski definition) is 1. The molecule has 2 aromatic heterocycles. The summed E-state index contributed by atoms with van der Waals surface area (Å²) >= 11 is 9.49. The van der Waals surface area contributed by atoms with Gasteiger partial charge < -0.3 is 4.57 Å². The smallest absolute Gasteiger partial charge is 0.153 e. The van der Waals surface area contributed by atoms with Gasteiger partial charge in [0.25, 0.3) is 0 Å². The number of halogens is 2. The van der Waals surface area contributed by atoms with Gasteiger partial charge in [0.05, 0.1) is 5.52 Å². The number of aryl methyl sites for hydroxylation is 2. The Hall–Kier alpha value is -0.540. The van der Waals surface area contributed by atoms with Gasteiger partial charge in [0, 0.05) is 29.3 Å². The van der Waals surface area contributed by atoms with Crippen molar-refractivity contribution in [3.63, 3.8) is 0 Å². The highest BCUT2D eigenvalue weighted by Gasteiger charge is 2.10. The summed E-state index contributed by atoms with van der Waals surface area (Å²) in [6.07, 6.45) is 3.78. The Labute approximate surface area is 89.7 Å². The van der Waals surface area contributed by atoms with Crippen molar-refractivity contribution >= 4 is 38.4 Å². The molecule has 2 nitrogen and oxygen atoms in total. The number of fused-ring (bicyclic) bond motifs is 1. The molecule has 4 heteroatoms. The van der Waals surface area contributed by atoms with Gasteiger partial charge in [-0.15, -0.1) is 0 Å². The van der Waals surface area contributed by atoms with Crippen molar-refractivity contribution in [2.75, 3.05) is 0 Å². The molecule has 2 aromatic rings. The van der Waals surface area contributed by atoms with E-state index in [2.05, 4.69) is 20.9 Å². The first-order valence-electron chi connectivity index (χ1n) is 3.87. The molecular weight excluding hydrogens is 251 g/mol. The summed E-state index contributed by atoms with van der Waals surface area (Å²) in [5, 5.41) is 1.69. The van der Waals surface area contributed by atoms with Crippen LogP contribution in [-0.2, 0) is 7.05 Å². The van der Waals surface area contributed by atoms with Gasteiger partial charge >= 0.3 is 0 Å². The molecule has 2 heterocycles. The third-order valence-corrected chi connectivity index (χ3v) is 2.97. The first-order valence-corrected chi connectivity index (χ1v) is 5.04. The zero-order chi connectivity index (χ0) is 9.59. The van der Waals surface area contributed by atoms with Crippen LogP contribution in [0.2, 0.25) is 5.15 Å². The molecule has 0 spiro atoms. The Kier molecular flexibility index (Phi) is 2.08. The molecule has 68 valence electrons. The van der Waals surface area contributed by atoms with Gasteiger partial charge in [-0.3, -0.25) is 0 Å². The van der Waals surface area contributed by atoms with E-state index >= 15 is 0 Å². The van der Waals surface area contributed by atoms with Crippen LogP contribution in [0, 0.1) is 6.92 Å². The Morgan fingerprint density at radius 3 is 2.85 bits per heavy atom. The van der Waals surface area contributed by atoms with E-state index in [1.807, 2.05) is 24.7 Å². The van der Waals surface area contributed by atoms with Crippen LogP contribution in [0.4, 0.5) is 0 Å². The lowest BCUT2D eigenvalue weighted by Crippen LogP contribution is -1.88. The van der Waals surface area contributed by atoms with Gasteiger partial charge in [0.2, 0.25) is 0 Å². The molecule has 0 atom stereocenters. The van der Waals surface area contributed by atoms with Crippen molar-refractivity contribution in [2.24, 2.45) is 7.05 Å². The number of pyridine rings is 1. The van der Waals surface area contributed by atoms with E-state index in [1.165, 1.54) is 0 Å². The largest absolute Gasteiger partial charge is 0.347 e. The van der Waals surface area contributed by atoms with Crippen molar-refractivity contribution < 1.29 is 0 Å². The summed E-state index contributed by atoms with van der Waals surface area (Å²) < 4.78 is 3.04. The normalized spacial score (nSPS) is 11.1. The molecule has 0 saturated carbocycles. The Morgan fingerprint density at radius 1 is 1.54 bits per heavy atom. The maximum absolute atomic E-state index is 5.99. The second kappa shape index (κ2) is 3.00. The van der Waals surface area contributed by atoms with Crippen LogP contribution < -0.4 is 0 Å². The van der Waals surface area contributed by atoms with Gasteiger partial charge in [0.1, 0.15) is 0 Å². The molecule has 0 amide bonds. The molecule has 0 unspecified atom stereocenters. The minimum atomic E-state index is 0.550. The third kappa shape index (κ3) is 1.27. The number of hydrogen-bond donors (Lipinski definition) is 0. The lowest BCUT2D eigenvalue weighted by molar-refractivity contribution is 0.962. The molecule has 0 aliphatic carbocycles. The highest BCUT2D eigenvalue weighted by Crippen LogP contribution is 2.31. The summed E-state index contributed by atoms with van der Waals surface area (Å²) in [6, 6.07) is 0. The van der Waals surface area contributed by atoms with Gasteiger partial charge in [-0.1, -0.05) is 11.6 Å². The Balaban J connectivity index is 3.03. The van der Waals surface area contributed by atoms with E-state index in [0.717, 1.165) is 20.9 Å². The average molecular weight is 260 g/mol. The predicted octanol–water partition coefficient (Wildman–Crippen LogP) is 3.30. The maximum atomic E-state index is 5.99. The molecule has 2 rings (SSSR count). The van der Waals surface area contributed by atoms with E-state index in [4.69, 9.17) is 11.6 Å². The number of aromatic nitrogens is 2. The fourth-order valence-electron chi connectivity index (χ4n) is 1.49. The SMILES string of the molecule is Cc1cnc(Cl)c2c1c(Br)cn2C. The standard InChI is InChI=1S/C9H8BrClN2/c1-5-3-12-9(11)8-7(5)6(10)4-13(8)2/h3-4H,1-2H3. The van der Waals surface area contributed by atoms with Crippen LogP contribution >= 0.6 is 27.5 Å². The van der Waals surface area contributed by atoms with Crippen molar-refractivity contribution in [3.8, 4) is 0 Å². The van der Waals surface area contributed by atoms with Crippen LogP contribution in [0.25, 0.3) is 10.9 Å². The summed E-state index contributed by atoms with van der Waals surface area (Å²) in [4.78, 5) is 4.10. The summed E-state index contributed by atoms with van der Waals surface area (Å²) in [5.74, 6) is 0.